The highest BCUT2D eigenvalue weighted by atomic mass is 16.5. The van der Waals surface area contributed by atoms with Crippen LogP contribution in [0, 0.1) is 0 Å². The fourth-order valence-corrected chi connectivity index (χ4v) is 1.19. The van der Waals surface area contributed by atoms with Crippen molar-refractivity contribution in [1.82, 2.24) is 0 Å². The van der Waals surface area contributed by atoms with Gasteiger partial charge in [-0.25, -0.2) is 4.79 Å². The minimum Gasteiger partial charge on any atom is -0.502 e. The quantitative estimate of drug-likeness (QED) is 0.492. The van der Waals surface area contributed by atoms with E-state index in [2.05, 4.69) is 4.74 Å². The summed E-state index contributed by atoms with van der Waals surface area (Å²) >= 11 is 0. The van der Waals surface area contributed by atoms with E-state index in [1.165, 1.54) is 6.08 Å². The zero-order chi connectivity index (χ0) is 13.4. The second kappa shape index (κ2) is 7.06. The second-order valence-electron chi connectivity index (χ2n) is 3.40. The lowest BCUT2D eigenvalue weighted by Gasteiger charge is -1.98. The zero-order valence-electron chi connectivity index (χ0n) is 10.00. The molecular weight excluding hydrogens is 232 g/mol. The first-order chi connectivity index (χ1) is 8.63. The van der Waals surface area contributed by atoms with Crippen molar-refractivity contribution in [2.75, 3.05) is 6.61 Å². The third kappa shape index (κ3) is 4.65. The van der Waals surface area contributed by atoms with Crippen LogP contribution in [0.5, 0.6) is 0 Å². The van der Waals surface area contributed by atoms with Gasteiger partial charge in [-0.2, -0.15) is 0 Å². The standard InChI is InChI=1S/C14H14O4/c1-2-18-14(17)13(16)10-12(15)9-8-11-6-4-3-5-7-11/h3-10,16H,2H2,1H3/b9-8+,13-10-. The summed E-state index contributed by atoms with van der Waals surface area (Å²) in [6.07, 6.45) is 3.69. The number of carbonyl (C=O) groups is 2. The number of esters is 1. The maximum Gasteiger partial charge on any atom is 0.373 e. The molecule has 0 aliphatic carbocycles. The van der Waals surface area contributed by atoms with Gasteiger partial charge in [0.2, 0.25) is 5.76 Å². The fraction of sp³-hybridized carbons (Fsp3) is 0.143. The van der Waals surface area contributed by atoms with Gasteiger partial charge in [0.05, 0.1) is 6.61 Å². The Morgan fingerprint density at radius 3 is 2.56 bits per heavy atom. The molecule has 1 aromatic rings. The molecule has 0 saturated heterocycles. The van der Waals surface area contributed by atoms with Crippen molar-refractivity contribution in [1.29, 1.82) is 0 Å². The SMILES string of the molecule is CCOC(=O)/C(O)=C/C(=O)/C=C/c1ccccc1. The average Bonchev–Trinajstić information content (AvgIpc) is 2.38. The molecule has 18 heavy (non-hydrogen) atoms. The number of aliphatic hydroxyl groups is 1. The number of allylic oxidation sites excluding steroid dienone is 2. The van der Waals surface area contributed by atoms with Crippen LogP contribution in [0.4, 0.5) is 0 Å². The lowest BCUT2D eigenvalue weighted by Crippen LogP contribution is -2.08. The molecule has 94 valence electrons. The Kier molecular flexibility index (Phi) is 5.38. The molecule has 1 N–H and O–H groups in total. The van der Waals surface area contributed by atoms with Gasteiger partial charge in [-0.05, 0) is 18.6 Å². The average molecular weight is 246 g/mol. The predicted octanol–water partition coefficient (Wildman–Crippen LogP) is 2.27. The van der Waals surface area contributed by atoms with Crippen LogP contribution in [0.2, 0.25) is 0 Å². The fourth-order valence-electron chi connectivity index (χ4n) is 1.19. The first-order valence-electron chi connectivity index (χ1n) is 5.48. The number of rotatable bonds is 5. The Morgan fingerprint density at radius 1 is 1.28 bits per heavy atom. The summed E-state index contributed by atoms with van der Waals surface area (Å²) in [5, 5.41) is 9.25. The third-order valence-corrected chi connectivity index (χ3v) is 2.00. The van der Waals surface area contributed by atoms with Crippen molar-refractivity contribution in [3.63, 3.8) is 0 Å². The number of benzene rings is 1. The van der Waals surface area contributed by atoms with Crippen LogP contribution in [-0.4, -0.2) is 23.5 Å². The van der Waals surface area contributed by atoms with Gasteiger partial charge in [0.15, 0.2) is 5.78 Å². The highest BCUT2D eigenvalue weighted by Crippen LogP contribution is 2.02. The monoisotopic (exact) mass is 246 g/mol. The van der Waals surface area contributed by atoms with Gasteiger partial charge in [-0.1, -0.05) is 36.4 Å². The topological polar surface area (TPSA) is 63.6 Å². The predicted molar refractivity (Wildman–Crippen MR) is 67.8 cm³/mol. The minimum atomic E-state index is -0.904. The van der Waals surface area contributed by atoms with Gasteiger partial charge in [0.1, 0.15) is 0 Å². The maximum atomic E-state index is 11.4. The molecule has 0 spiro atoms. The van der Waals surface area contributed by atoms with E-state index in [0.29, 0.717) is 0 Å². The van der Waals surface area contributed by atoms with E-state index in [0.717, 1.165) is 11.6 Å². The van der Waals surface area contributed by atoms with Gasteiger partial charge in [-0.3, -0.25) is 4.79 Å². The Labute approximate surface area is 105 Å². The van der Waals surface area contributed by atoms with Crippen molar-refractivity contribution >= 4 is 17.8 Å². The third-order valence-electron chi connectivity index (χ3n) is 2.00. The first kappa shape index (κ1) is 13.7. The van der Waals surface area contributed by atoms with Crippen molar-refractivity contribution in [2.45, 2.75) is 6.92 Å². The molecule has 4 nitrogen and oxygen atoms in total. The van der Waals surface area contributed by atoms with Crippen LogP contribution in [0.25, 0.3) is 6.08 Å². The molecule has 0 unspecified atom stereocenters. The summed E-state index contributed by atoms with van der Waals surface area (Å²) in [6.45, 7) is 1.76. The summed E-state index contributed by atoms with van der Waals surface area (Å²) in [4.78, 5) is 22.4. The Bertz CT molecular complexity index is 472. The number of ether oxygens (including phenoxy) is 1. The molecule has 0 amide bonds. The van der Waals surface area contributed by atoms with E-state index in [9.17, 15) is 14.7 Å². The van der Waals surface area contributed by atoms with Crippen molar-refractivity contribution in [2.24, 2.45) is 0 Å². The molecule has 0 radical (unpaired) electrons. The molecule has 0 saturated carbocycles. The van der Waals surface area contributed by atoms with Crippen molar-refractivity contribution in [3.8, 4) is 0 Å². The van der Waals surface area contributed by atoms with E-state index < -0.39 is 17.5 Å². The lowest BCUT2D eigenvalue weighted by atomic mass is 10.2. The molecule has 0 aliphatic rings. The van der Waals surface area contributed by atoms with Gasteiger partial charge in [0.25, 0.3) is 0 Å². The number of hydrogen-bond acceptors (Lipinski definition) is 4. The normalized spacial score (nSPS) is 11.5. The summed E-state index contributed by atoms with van der Waals surface area (Å²) in [5.41, 5.74) is 0.856. The first-order valence-corrected chi connectivity index (χ1v) is 5.48. The van der Waals surface area contributed by atoms with Gasteiger partial charge < -0.3 is 9.84 Å². The van der Waals surface area contributed by atoms with Gasteiger partial charge in [-0.15, -0.1) is 0 Å². The molecular formula is C14H14O4. The molecule has 0 fully saturated rings. The second-order valence-corrected chi connectivity index (χ2v) is 3.40. The molecule has 0 atom stereocenters. The summed E-state index contributed by atoms with van der Waals surface area (Å²) in [5.74, 6) is -2.08. The van der Waals surface area contributed by atoms with E-state index in [-0.39, 0.29) is 6.61 Å². The van der Waals surface area contributed by atoms with Crippen LogP contribution < -0.4 is 0 Å². The molecule has 0 heterocycles. The summed E-state index contributed by atoms with van der Waals surface area (Å²) < 4.78 is 4.53. The van der Waals surface area contributed by atoms with Crippen LogP contribution >= 0.6 is 0 Å². The largest absolute Gasteiger partial charge is 0.502 e. The van der Waals surface area contributed by atoms with Crippen LogP contribution in [0.3, 0.4) is 0 Å². The van der Waals surface area contributed by atoms with Crippen LogP contribution in [0.15, 0.2) is 48.2 Å². The molecule has 1 rings (SSSR count). The van der Waals surface area contributed by atoms with E-state index in [1.54, 1.807) is 13.0 Å². The Hall–Kier alpha value is -2.36. The number of hydrogen-bond donors (Lipinski definition) is 1. The highest BCUT2D eigenvalue weighted by molar-refractivity contribution is 6.05. The van der Waals surface area contributed by atoms with Gasteiger partial charge >= 0.3 is 5.97 Å². The van der Waals surface area contributed by atoms with E-state index >= 15 is 0 Å². The molecule has 0 aliphatic heterocycles. The summed E-state index contributed by atoms with van der Waals surface area (Å²) in [7, 11) is 0. The zero-order valence-corrected chi connectivity index (χ0v) is 10.00. The smallest absolute Gasteiger partial charge is 0.373 e. The maximum absolute atomic E-state index is 11.4. The van der Waals surface area contributed by atoms with Crippen molar-refractivity contribution in [3.05, 3.63) is 53.8 Å². The minimum absolute atomic E-state index is 0.144. The van der Waals surface area contributed by atoms with Crippen LogP contribution in [0.1, 0.15) is 12.5 Å². The van der Waals surface area contributed by atoms with Crippen molar-refractivity contribution < 1.29 is 19.4 Å². The lowest BCUT2D eigenvalue weighted by molar-refractivity contribution is -0.141. The number of carbonyl (C=O) groups excluding carboxylic acids is 2. The Balaban J connectivity index is 2.64. The summed E-state index contributed by atoms with van der Waals surface area (Å²) in [6, 6.07) is 9.22. The number of ketones is 1. The Morgan fingerprint density at radius 2 is 1.94 bits per heavy atom. The molecule has 1 aromatic carbocycles. The van der Waals surface area contributed by atoms with E-state index in [4.69, 9.17) is 0 Å². The highest BCUT2D eigenvalue weighted by Gasteiger charge is 2.08. The molecule has 4 heteroatoms. The van der Waals surface area contributed by atoms with Gasteiger partial charge in [0, 0.05) is 6.08 Å². The van der Waals surface area contributed by atoms with E-state index in [1.807, 2.05) is 30.3 Å². The van der Waals surface area contributed by atoms with Crippen LogP contribution in [-0.2, 0) is 14.3 Å². The molecule has 0 aromatic heterocycles. The molecule has 0 bridgehead atoms. The number of aliphatic hydroxyl groups excluding tert-OH is 1.